The number of rotatable bonds is 8. The van der Waals surface area contributed by atoms with Gasteiger partial charge in [-0.1, -0.05) is 6.07 Å². The van der Waals surface area contributed by atoms with E-state index in [9.17, 15) is 14.0 Å². The van der Waals surface area contributed by atoms with Crippen molar-refractivity contribution < 1.29 is 18.7 Å². The van der Waals surface area contributed by atoms with Crippen molar-refractivity contribution in [3.8, 4) is 11.6 Å². The Bertz CT molecular complexity index is 1330. The van der Waals surface area contributed by atoms with Gasteiger partial charge in [-0.2, -0.15) is 0 Å². The van der Waals surface area contributed by atoms with Crippen molar-refractivity contribution in [2.75, 3.05) is 14.1 Å². The Hall–Kier alpha value is -4.34. The number of aromatic nitrogens is 2. The Morgan fingerprint density at radius 2 is 1.89 bits per heavy atom. The average Bonchev–Trinajstić information content (AvgIpc) is 2.82. The average molecular weight is 493 g/mol. The minimum absolute atomic E-state index is 0.166. The number of halogens is 1. The predicted octanol–water partition coefficient (Wildman–Crippen LogP) is 3.80. The lowest BCUT2D eigenvalue weighted by atomic mass is 10.1. The molecule has 0 aliphatic carbocycles. The van der Waals surface area contributed by atoms with Crippen molar-refractivity contribution >= 4 is 28.9 Å². The second-order valence-corrected chi connectivity index (χ2v) is 9.33. The number of nitrogens with one attached hydrogen (secondary N) is 3. The molecule has 3 rings (SSSR count). The molecule has 1 heterocycles. The molecule has 0 aliphatic heterocycles. The van der Waals surface area contributed by atoms with E-state index in [1.165, 1.54) is 35.6 Å². The van der Waals surface area contributed by atoms with Crippen molar-refractivity contribution in [3.63, 3.8) is 0 Å². The zero-order valence-electron chi connectivity index (χ0n) is 20.8. The number of fused-ring (bicyclic) bond motifs is 1. The summed E-state index contributed by atoms with van der Waals surface area (Å²) in [4.78, 5) is 34.5. The van der Waals surface area contributed by atoms with Gasteiger partial charge in [0.1, 0.15) is 17.9 Å². The molecule has 0 saturated heterocycles. The first-order valence-electron chi connectivity index (χ1n) is 11.2. The van der Waals surface area contributed by atoms with E-state index in [2.05, 4.69) is 20.6 Å². The van der Waals surface area contributed by atoms with Crippen LogP contribution in [0.3, 0.4) is 0 Å². The highest BCUT2D eigenvalue weighted by molar-refractivity contribution is 5.98. The highest BCUT2D eigenvalue weighted by Gasteiger charge is 2.15. The quantitative estimate of drug-likeness (QED) is 0.412. The molecule has 0 unspecified atom stereocenters. The molecule has 2 aromatic carbocycles. The van der Waals surface area contributed by atoms with Gasteiger partial charge in [0.05, 0.1) is 23.0 Å². The van der Waals surface area contributed by atoms with Gasteiger partial charge in [0, 0.05) is 43.7 Å². The fourth-order valence-corrected chi connectivity index (χ4v) is 3.14. The molecule has 3 aromatic rings. The first-order valence-corrected chi connectivity index (χ1v) is 11.2. The van der Waals surface area contributed by atoms with Crippen LogP contribution in [0.5, 0.6) is 11.6 Å². The van der Waals surface area contributed by atoms with E-state index >= 15 is 0 Å². The van der Waals surface area contributed by atoms with Gasteiger partial charge < -0.3 is 25.7 Å². The first-order chi connectivity index (χ1) is 17.0. The summed E-state index contributed by atoms with van der Waals surface area (Å²) in [7, 11) is 3.31. The van der Waals surface area contributed by atoms with Crippen LogP contribution >= 0.6 is 0 Å². The molecule has 1 aromatic heterocycles. The summed E-state index contributed by atoms with van der Waals surface area (Å²) >= 11 is 0. The van der Waals surface area contributed by atoms with Crippen LogP contribution in [-0.4, -0.2) is 52.5 Å². The molecule has 0 radical (unpaired) electrons. The second-order valence-electron chi connectivity index (χ2n) is 9.33. The maximum Gasteiger partial charge on any atom is 0.253 e. The standard InChI is InChI=1S/C26H29FN6O3/c1-26(2,3)31-14-18(13-28)32-23(34)11-16-6-8-19(12-21(16)27)36-24-20-10-17(25(35)33(4)5)7-9-22(20)29-15-30-24/h6-10,12-15,28,31H,11H2,1-5H3,(H,32,34)/b18-14+,28-13?. The maximum absolute atomic E-state index is 14.8. The number of allylic oxidation sites excluding steroid dienone is 1. The summed E-state index contributed by atoms with van der Waals surface area (Å²) < 4.78 is 20.6. The summed E-state index contributed by atoms with van der Waals surface area (Å²) in [5, 5.41) is 13.6. The van der Waals surface area contributed by atoms with E-state index in [0.717, 1.165) is 6.21 Å². The van der Waals surface area contributed by atoms with Crippen LogP contribution < -0.4 is 15.4 Å². The van der Waals surface area contributed by atoms with Crippen molar-refractivity contribution in [1.82, 2.24) is 25.5 Å². The lowest BCUT2D eigenvalue weighted by Gasteiger charge is -2.19. The Labute approximate surface area is 208 Å². The number of hydrogen-bond donors (Lipinski definition) is 3. The second kappa shape index (κ2) is 10.9. The van der Waals surface area contributed by atoms with Crippen molar-refractivity contribution in [2.45, 2.75) is 32.7 Å². The molecule has 0 spiro atoms. The number of nitrogens with zero attached hydrogens (tertiary/aromatic N) is 3. The SMILES string of the molecule is CN(C)C(=O)c1ccc2ncnc(Oc3ccc(CC(=O)N/C(C=N)=C/NC(C)(C)C)c(F)c3)c2c1. The molecule has 3 N–H and O–H groups in total. The molecular weight excluding hydrogens is 463 g/mol. The summed E-state index contributed by atoms with van der Waals surface area (Å²) in [5.41, 5.74) is 1.20. The van der Waals surface area contributed by atoms with E-state index in [4.69, 9.17) is 10.1 Å². The largest absolute Gasteiger partial charge is 0.438 e. The summed E-state index contributed by atoms with van der Waals surface area (Å²) in [6.45, 7) is 5.83. The monoisotopic (exact) mass is 492 g/mol. The fourth-order valence-electron chi connectivity index (χ4n) is 3.14. The van der Waals surface area contributed by atoms with E-state index in [1.54, 1.807) is 32.3 Å². The van der Waals surface area contributed by atoms with Gasteiger partial charge in [0.25, 0.3) is 5.91 Å². The molecule has 36 heavy (non-hydrogen) atoms. The van der Waals surface area contributed by atoms with Crippen LogP contribution in [0.25, 0.3) is 10.9 Å². The summed E-state index contributed by atoms with van der Waals surface area (Å²) in [6, 6.07) is 9.14. The summed E-state index contributed by atoms with van der Waals surface area (Å²) in [5.74, 6) is -0.929. The Balaban J connectivity index is 1.76. The minimum atomic E-state index is -0.627. The molecule has 0 bridgehead atoms. The molecule has 0 atom stereocenters. The van der Waals surface area contributed by atoms with E-state index in [1.807, 2.05) is 20.8 Å². The van der Waals surface area contributed by atoms with Crippen LogP contribution in [0.1, 0.15) is 36.7 Å². The van der Waals surface area contributed by atoms with Crippen LogP contribution in [0, 0.1) is 11.2 Å². The van der Waals surface area contributed by atoms with Gasteiger partial charge in [-0.05, 0) is 50.6 Å². The number of amides is 2. The van der Waals surface area contributed by atoms with Gasteiger partial charge in [-0.3, -0.25) is 9.59 Å². The molecule has 10 heteroatoms. The number of carbonyl (C=O) groups is 2. The molecule has 9 nitrogen and oxygen atoms in total. The van der Waals surface area contributed by atoms with Crippen LogP contribution in [0.15, 0.2) is 54.6 Å². The number of benzene rings is 2. The maximum atomic E-state index is 14.8. The molecule has 0 saturated carbocycles. The Morgan fingerprint density at radius 1 is 1.14 bits per heavy atom. The van der Waals surface area contributed by atoms with Crippen LogP contribution in [0.2, 0.25) is 0 Å². The lowest BCUT2D eigenvalue weighted by Crippen LogP contribution is -2.34. The lowest BCUT2D eigenvalue weighted by molar-refractivity contribution is -0.119. The van der Waals surface area contributed by atoms with Crippen molar-refractivity contribution in [1.29, 1.82) is 5.41 Å². The Morgan fingerprint density at radius 3 is 2.53 bits per heavy atom. The number of carbonyl (C=O) groups excluding carboxylic acids is 2. The third-order valence-electron chi connectivity index (χ3n) is 4.94. The Kier molecular flexibility index (Phi) is 7.98. The fraction of sp³-hybridized carbons (Fsp3) is 0.269. The molecule has 0 fully saturated rings. The van der Waals surface area contributed by atoms with Gasteiger partial charge in [-0.15, -0.1) is 0 Å². The number of ether oxygens (including phenoxy) is 1. The first kappa shape index (κ1) is 26.3. The highest BCUT2D eigenvalue weighted by atomic mass is 19.1. The zero-order valence-corrected chi connectivity index (χ0v) is 20.8. The van der Waals surface area contributed by atoms with Gasteiger partial charge >= 0.3 is 0 Å². The smallest absolute Gasteiger partial charge is 0.253 e. The third-order valence-corrected chi connectivity index (χ3v) is 4.94. The minimum Gasteiger partial charge on any atom is -0.438 e. The molecular formula is C26H29FN6O3. The van der Waals surface area contributed by atoms with Gasteiger partial charge in [0.2, 0.25) is 11.8 Å². The normalized spacial score (nSPS) is 11.7. The molecule has 188 valence electrons. The molecule has 0 aliphatic rings. The molecule has 2 amide bonds. The van der Waals surface area contributed by atoms with Gasteiger partial charge in [-0.25, -0.2) is 14.4 Å². The van der Waals surface area contributed by atoms with E-state index < -0.39 is 11.7 Å². The number of hydrogen-bond acceptors (Lipinski definition) is 7. The van der Waals surface area contributed by atoms with Crippen LogP contribution in [0.4, 0.5) is 4.39 Å². The zero-order chi connectivity index (χ0) is 26.5. The van der Waals surface area contributed by atoms with Crippen molar-refractivity contribution in [3.05, 3.63) is 71.6 Å². The topological polar surface area (TPSA) is 120 Å². The predicted molar refractivity (Wildman–Crippen MR) is 136 cm³/mol. The summed E-state index contributed by atoms with van der Waals surface area (Å²) in [6.07, 6.45) is 3.64. The van der Waals surface area contributed by atoms with E-state index in [-0.39, 0.29) is 40.8 Å². The van der Waals surface area contributed by atoms with Crippen molar-refractivity contribution in [2.24, 2.45) is 0 Å². The van der Waals surface area contributed by atoms with Gasteiger partial charge in [0.15, 0.2) is 0 Å². The van der Waals surface area contributed by atoms with E-state index in [0.29, 0.717) is 16.5 Å². The highest BCUT2D eigenvalue weighted by Crippen LogP contribution is 2.28. The third kappa shape index (κ3) is 6.84. The van der Waals surface area contributed by atoms with Crippen LogP contribution in [-0.2, 0) is 11.2 Å².